The van der Waals surface area contributed by atoms with Gasteiger partial charge in [-0.15, -0.1) is 0 Å². The minimum Gasteiger partial charge on any atom is -0.361 e. The third-order valence-corrected chi connectivity index (χ3v) is 4.08. The number of H-pyrrole nitrogens is 1. The number of nitrogens with zero attached hydrogens (tertiary/aromatic N) is 3. The number of aromatic nitrogens is 3. The molecule has 3 aromatic rings. The van der Waals surface area contributed by atoms with E-state index in [9.17, 15) is 14.9 Å². The number of nitro groups is 1. The topological polar surface area (TPSA) is 106 Å². The monoisotopic (exact) mass is 341 g/mol. The van der Waals surface area contributed by atoms with Crippen LogP contribution in [0.15, 0.2) is 36.7 Å². The van der Waals surface area contributed by atoms with Gasteiger partial charge in [-0.05, 0) is 34.4 Å². The Morgan fingerprint density at radius 1 is 1.40 bits per heavy atom. The molecule has 0 aliphatic rings. The summed E-state index contributed by atoms with van der Waals surface area (Å²) in [6.45, 7) is 2.21. The quantitative estimate of drug-likeness (QED) is 0.391. The van der Waals surface area contributed by atoms with E-state index in [0.29, 0.717) is 12.4 Å². The number of nitrogens with one attached hydrogen (secondary N) is 2. The van der Waals surface area contributed by atoms with Crippen molar-refractivity contribution in [3.63, 3.8) is 0 Å². The molecule has 2 N–H and O–H groups in total. The average molecular weight is 341 g/mol. The minimum atomic E-state index is -0.567. The number of carbonyl (C=O) groups excluding carboxylic acids is 1. The van der Waals surface area contributed by atoms with Crippen LogP contribution in [0.2, 0.25) is 0 Å². The van der Waals surface area contributed by atoms with Crippen LogP contribution in [0.25, 0.3) is 10.9 Å². The molecule has 0 atom stereocenters. The number of para-hydroxylation sites is 1. The summed E-state index contributed by atoms with van der Waals surface area (Å²) < 4.78 is 1.48. The van der Waals surface area contributed by atoms with Crippen molar-refractivity contribution in [2.24, 2.45) is 0 Å². The lowest BCUT2D eigenvalue weighted by Gasteiger charge is -2.06. The second kappa shape index (κ2) is 7.16. The molecule has 3 rings (SSSR count). The van der Waals surface area contributed by atoms with Gasteiger partial charge < -0.3 is 20.4 Å². The number of hydrogen-bond donors (Lipinski definition) is 2. The highest BCUT2D eigenvalue weighted by Crippen LogP contribution is 2.18. The Labute approximate surface area is 144 Å². The number of fused-ring (bicyclic) bond motifs is 1. The van der Waals surface area contributed by atoms with Gasteiger partial charge in [0.1, 0.15) is 12.7 Å². The minimum absolute atomic E-state index is 0.0275. The largest absolute Gasteiger partial charge is 0.381 e. The molecule has 0 aliphatic heterocycles. The van der Waals surface area contributed by atoms with Crippen molar-refractivity contribution in [1.82, 2.24) is 19.9 Å². The first-order valence-electron chi connectivity index (χ1n) is 8.04. The molecule has 0 saturated heterocycles. The highest BCUT2D eigenvalue weighted by atomic mass is 16.6. The zero-order valence-electron chi connectivity index (χ0n) is 13.9. The number of aromatic amines is 1. The maximum atomic E-state index is 12.0. The van der Waals surface area contributed by atoms with Gasteiger partial charge in [-0.1, -0.05) is 18.2 Å². The van der Waals surface area contributed by atoms with Gasteiger partial charge in [0.25, 0.3) is 0 Å². The Morgan fingerprint density at radius 2 is 2.20 bits per heavy atom. The molecule has 0 spiro atoms. The molecule has 8 nitrogen and oxygen atoms in total. The van der Waals surface area contributed by atoms with E-state index < -0.39 is 4.92 Å². The van der Waals surface area contributed by atoms with Crippen LogP contribution in [0.4, 0.5) is 5.82 Å². The van der Waals surface area contributed by atoms with Crippen LogP contribution >= 0.6 is 0 Å². The molecule has 1 aromatic carbocycles. The molecule has 25 heavy (non-hydrogen) atoms. The zero-order chi connectivity index (χ0) is 17.8. The Kier molecular flexibility index (Phi) is 4.78. The number of carbonyl (C=O) groups is 1. The highest BCUT2D eigenvalue weighted by molar-refractivity contribution is 5.83. The van der Waals surface area contributed by atoms with E-state index in [4.69, 9.17) is 0 Å². The molecule has 0 aliphatic carbocycles. The highest BCUT2D eigenvalue weighted by Gasteiger charge is 2.16. The van der Waals surface area contributed by atoms with Crippen LogP contribution in [-0.2, 0) is 17.8 Å². The summed E-state index contributed by atoms with van der Waals surface area (Å²) >= 11 is 0. The molecular formula is C17H19N5O3. The number of aryl methyl sites for hydroxylation is 2. The van der Waals surface area contributed by atoms with Gasteiger partial charge >= 0.3 is 5.82 Å². The molecule has 0 bridgehead atoms. The summed E-state index contributed by atoms with van der Waals surface area (Å²) in [5, 5.41) is 14.7. The van der Waals surface area contributed by atoms with Gasteiger partial charge in [0.15, 0.2) is 0 Å². The molecule has 0 fully saturated rings. The molecule has 2 heterocycles. The summed E-state index contributed by atoms with van der Waals surface area (Å²) in [5.41, 5.74) is 2.34. The summed E-state index contributed by atoms with van der Waals surface area (Å²) in [4.78, 5) is 29.1. The van der Waals surface area contributed by atoms with Crippen LogP contribution in [0, 0.1) is 17.0 Å². The first kappa shape index (κ1) is 16.7. The maximum Gasteiger partial charge on any atom is 0.381 e. The second-order valence-electron chi connectivity index (χ2n) is 5.84. The van der Waals surface area contributed by atoms with Gasteiger partial charge in [0.2, 0.25) is 11.7 Å². The number of hydrogen-bond acceptors (Lipinski definition) is 4. The van der Waals surface area contributed by atoms with Gasteiger partial charge in [0, 0.05) is 30.6 Å². The lowest BCUT2D eigenvalue weighted by atomic mass is 10.1. The Hall–Kier alpha value is -3.16. The van der Waals surface area contributed by atoms with E-state index in [0.717, 1.165) is 18.4 Å². The Morgan fingerprint density at radius 3 is 2.96 bits per heavy atom. The van der Waals surface area contributed by atoms with Crippen molar-refractivity contribution in [3.05, 3.63) is 58.2 Å². The smallest absolute Gasteiger partial charge is 0.361 e. The third kappa shape index (κ3) is 3.85. The van der Waals surface area contributed by atoms with E-state index >= 15 is 0 Å². The molecule has 130 valence electrons. The fourth-order valence-electron chi connectivity index (χ4n) is 2.80. The first-order valence-corrected chi connectivity index (χ1v) is 8.04. The average Bonchev–Trinajstić information content (AvgIpc) is 3.16. The van der Waals surface area contributed by atoms with E-state index in [1.165, 1.54) is 21.7 Å². The number of imidazole rings is 1. The SMILES string of the molecule is Cc1nc([N+](=O)[O-])cn1CC(=O)NCCCc1c[nH]c2ccccc12. The van der Waals surface area contributed by atoms with Crippen molar-refractivity contribution >= 4 is 22.6 Å². The fourth-order valence-corrected chi connectivity index (χ4v) is 2.80. The van der Waals surface area contributed by atoms with E-state index in [-0.39, 0.29) is 18.3 Å². The van der Waals surface area contributed by atoms with E-state index in [1.807, 2.05) is 24.4 Å². The fraction of sp³-hybridized carbons (Fsp3) is 0.294. The van der Waals surface area contributed by atoms with Crippen LogP contribution < -0.4 is 5.32 Å². The molecule has 0 saturated carbocycles. The normalized spacial score (nSPS) is 10.9. The predicted octanol–water partition coefficient (Wildman–Crippen LogP) is 2.33. The van der Waals surface area contributed by atoms with Gasteiger partial charge in [-0.3, -0.25) is 9.36 Å². The van der Waals surface area contributed by atoms with Crippen LogP contribution in [0.3, 0.4) is 0 Å². The lowest BCUT2D eigenvalue weighted by Crippen LogP contribution is -2.28. The molecule has 2 aromatic heterocycles. The molecule has 1 amide bonds. The number of benzene rings is 1. The maximum absolute atomic E-state index is 12.0. The molecule has 0 radical (unpaired) electrons. The molecular weight excluding hydrogens is 322 g/mol. The number of rotatable bonds is 7. The summed E-state index contributed by atoms with van der Waals surface area (Å²) in [6.07, 6.45) is 4.96. The van der Waals surface area contributed by atoms with Crippen molar-refractivity contribution in [2.75, 3.05) is 6.54 Å². The predicted molar refractivity (Wildman–Crippen MR) is 93.2 cm³/mol. The molecule has 8 heteroatoms. The Balaban J connectivity index is 1.47. The zero-order valence-corrected chi connectivity index (χ0v) is 13.9. The van der Waals surface area contributed by atoms with Crippen molar-refractivity contribution in [3.8, 4) is 0 Å². The van der Waals surface area contributed by atoms with Gasteiger partial charge in [-0.25, -0.2) is 0 Å². The summed E-state index contributed by atoms with van der Waals surface area (Å²) in [6, 6.07) is 8.11. The molecule has 0 unspecified atom stereocenters. The van der Waals surface area contributed by atoms with Gasteiger partial charge in [-0.2, -0.15) is 0 Å². The van der Waals surface area contributed by atoms with Crippen LogP contribution in [-0.4, -0.2) is 31.9 Å². The van der Waals surface area contributed by atoms with Crippen molar-refractivity contribution < 1.29 is 9.72 Å². The Bertz CT molecular complexity index is 912. The standard InChI is InChI=1S/C17H19N5O3/c1-12-20-16(22(24)25)10-21(12)11-17(23)18-8-4-5-13-9-19-15-7-3-2-6-14(13)15/h2-3,6-7,9-10,19H,4-5,8,11H2,1H3,(H,18,23). The van der Waals surface area contributed by atoms with Crippen LogP contribution in [0.1, 0.15) is 17.8 Å². The van der Waals surface area contributed by atoms with Gasteiger partial charge in [0.05, 0.1) is 0 Å². The third-order valence-electron chi connectivity index (χ3n) is 4.08. The lowest BCUT2D eigenvalue weighted by molar-refractivity contribution is -0.389. The van der Waals surface area contributed by atoms with Crippen molar-refractivity contribution in [1.29, 1.82) is 0 Å². The van der Waals surface area contributed by atoms with Crippen LogP contribution in [0.5, 0.6) is 0 Å². The number of amides is 1. The van der Waals surface area contributed by atoms with Crippen molar-refractivity contribution in [2.45, 2.75) is 26.3 Å². The summed E-state index contributed by atoms with van der Waals surface area (Å²) in [7, 11) is 0. The summed E-state index contributed by atoms with van der Waals surface area (Å²) in [5.74, 6) is 0.0135. The first-order chi connectivity index (χ1) is 12.0. The van der Waals surface area contributed by atoms with E-state index in [2.05, 4.69) is 21.4 Å². The second-order valence-corrected chi connectivity index (χ2v) is 5.84. The van der Waals surface area contributed by atoms with E-state index in [1.54, 1.807) is 6.92 Å².